The summed E-state index contributed by atoms with van der Waals surface area (Å²) in [6.45, 7) is 8.78. The molecule has 0 saturated heterocycles. The molecule has 2 aliphatic carbocycles. The van der Waals surface area contributed by atoms with Gasteiger partial charge in [-0.25, -0.2) is 0 Å². The Morgan fingerprint density at radius 2 is 2.19 bits per heavy atom. The molecule has 90 valence electrons. The average Bonchev–Trinajstić information content (AvgIpc) is 2.56. The predicted octanol–water partition coefficient (Wildman–Crippen LogP) is 4.25. The van der Waals surface area contributed by atoms with Crippen molar-refractivity contribution in [3.05, 3.63) is 23.8 Å². The number of hydrogen-bond donors (Lipinski definition) is 0. The Balaban J connectivity index is 2.21. The summed E-state index contributed by atoms with van der Waals surface area (Å²) in [5.41, 5.74) is 1.80. The summed E-state index contributed by atoms with van der Waals surface area (Å²) < 4.78 is 6.28. The van der Waals surface area contributed by atoms with E-state index < -0.39 is 0 Å². The second kappa shape index (κ2) is 4.03. The van der Waals surface area contributed by atoms with Gasteiger partial charge in [-0.2, -0.15) is 0 Å². The molecule has 0 fully saturated rings. The van der Waals surface area contributed by atoms with E-state index in [-0.39, 0.29) is 5.60 Å². The first-order chi connectivity index (χ1) is 7.48. The summed E-state index contributed by atoms with van der Waals surface area (Å²) >= 11 is 0. The number of hydrogen-bond acceptors (Lipinski definition) is 1. The molecule has 0 aliphatic heterocycles. The SMILES string of the molecule is CC[C@]12CCC=CC1=CC[C@@H]2OC(C)(C)C. The molecule has 2 rings (SSSR count). The molecule has 0 bridgehead atoms. The van der Waals surface area contributed by atoms with Crippen LogP contribution in [0, 0.1) is 5.41 Å². The van der Waals surface area contributed by atoms with Crippen LogP contribution in [0.5, 0.6) is 0 Å². The van der Waals surface area contributed by atoms with Gasteiger partial charge in [0.15, 0.2) is 0 Å². The first-order valence-electron chi connectivity index (χ1n) is 6.53. The first kappa shape index (κ1) is 11.9. The van der Waals surface area contributed by atoms with Crippen molar-refractivity contribution in [2.45, 2.75) is 65.1 Å². The van der Waals surface area contributed by atoms with Gasteiger partial charge in [-0.3, -0.25) is 0 Å². The second-order valence-corrected chi connectivity index (χ2v) is 6.06. The molecular weight excluding hydrogens is 196 g/mol. The van der Waals surface area contributed by atoms with Gasteiger partial charge < -0.3 is 4.74 Å². The molecule has 0 amide bonds. The van der Waals surface area contributed by atoms with Crippen molar-refractivity contribution in [2.75, 3.05) is 0 Å². The Morgan fingerprint density at radius 1 is 1.44 bits per heavy atom. The Kier molecular flexibility index (Phi) is 3.00. The molecule has 0 aromatic rings. The molecule has 1 nitrogen and oxygen atoms in total. The van der Waals surface area contributed by atoms with Gasteiger partial charge in [0.2, 0.25) is 0 Å². The summed E-state index contributed by atoms with van der Waals surface area (Å²) in [5.74, 6) is 0. The Hall–Kier alpha value is -0.560. The van der Waals surface area contributed by atoms with Crippen LogP contribution >= 0.6 is 0 Å². The largest absolute Gasteiger partial charge is 0.371 e. The maximum absolute atomic E-state index is 6.28. The van der Waals surface area contributed by atoms with Crippen LogP contribution < -0.4 is 0 Å². The van der Waals surface area contributed by atoms with E-state index in [2.05, 4.69) is 45.9 Å². The van der Waals surface area contributed by atoms with Gasteiger partial charge >= 0.3 is 0 Å². The number of allylic oxidation sites excluding steroid dienone is 2. The van der Waals surface area contributed by atoms with Crippen LogP contribution in [0.15, 0.2) is 23.8 Å². The minimum atomic E-state index is -0.0305. The van der Waals surface area contributed by atoms with E-state index in [0.29, 0.717) is 11.5 Å². The topological polar surface area (TPSA) is 9.23 Å². The van der Waals surface area contributed by atoms with E-state index >= 15 is 0 Å². The molecule has 0 saturated carbocycles. The van der Waals surface area contributed by atoms with Crippen LogP contribution in [-0.4, -0.2) is 11.7 Å². The molecule has 0 radical (unpaired) electrons. The summed E-state index contributed by atoms with van der Waals surface area (Å²) in [7, 11) is 0. The van der Waals surface area contributed by atoms with Crippen molar-refractivity contribution in [3.63, 3.8) is 0 Å². The fourth-order valence-electron chi connectivity index (χ4n) is 3.14. The molecule has 1 heteroatoms. The van der Waals surface area contributed by atoms with E-state index in [9.17, 15) is 0 Å². The highest BCUT2D eigenvalue weighted by Gasteiger charge is 2.45. The van der Waals surface area contributed by atoms with Crippen LogP contribution in [-0.2, 0) is 4.74 Å². The highest BCUT2D eigenvalue weighted by molar-refractivity contribution is 5.36. The highest BCUT2D eigenvalue weighted by atomic mass is 16.5. The van der Waals surface area contributed by atoms with E-state index in [1.165, 1.54) is 24.8 Å². The van der Waals surface area contributed by atoms with Gasteiger partial charge in [-0.05, 0) is 52.0 Å². The number of fused-ring (bicyclic) bond motifs is 1. The fraction of sp³-hybridized carbons (Fsp3) is 0.733. The molecule has 0 aromatic heterocycles. The van der Waals surface area contributed by atoms with Crippen LogP contribution in [0.25, 0.3) is 0 Å². The molecule has 2 aliphatic rings. The summed E-state index contributed by atoms with van der Waals surface area (Å²) in [4.78, 5) is 0. The Labute approximate surface area is 99.6 Å². The van der Waals surface area contributed by atoms with Gasteiger partial charge in [0.1, 0.15) is 0 Å². The number of ether oxygens (including phenoxy) is 1. The van der Waals surface area contributed by atoms with Crippen molar-refractivity contribution < 1.29 is 4.74 Å². The lowest BCUT2D eigenvalue weighted by molar-refractivity contribution is -0.103. The first-order valence-corrected chi connectivity index (χ1v) is 6.53. The van der Waals surface area contributed by atoms with E-state index in [0.717, 1.165) is 6.42 Å². The fourth-order valence-corrected chi connectivity index (χ4v) is 3.14. The molecular formula is C15H24O. The predicted molar refractivity (Wildman–Crippen MR) is 68.4 cm³/mol. The zero-order valence-electron chi connectivity index (χ0n) is 11.0. The Bertz CT molecular complexity index is 319. The molecule has 16 heavy (non-hydrogen) atoms. The third-order valence-electron chi connectivity index (χ3n) is 3.92. The summed E-state index contributed by atoms with van der Waals surface area (Å²) in [6, 6.07) is 0. The standard InChI is InChI=1S/C15H24O/c1-5-15-11-7-6-8-12(15)9-10-13(15)16-14(2,3)4/h6,8-9,13H,5,7,10-11H2,1-4H3/t13-,15-/m0/s1. The van der Waals surface area contributed by atoms with E-state index in [1.807, 2.05) is 0 Å². The number of rotatable bonds is 2. The lowest BCUT2D eigenvalue weighted by atomic mass is 9.70. The molecule has 0 aromatic carbocycles. The smallest absolute Gasteiger partial charge is 0.0713 e. The monoisotopic (exact) mass is 220 g/mol. The van der Waals surface area contributed by atoms with Crippen LogP contribution in [0.1, 0.15) is 53.4 Å². The van der Waals surface area contributed by atoms with Crippen molar-refractivity contribution >= 4 is 0 Å². The van der Waals surface area contributed by atoms with E-state index in [4.69, 9.17) is 4.74 Å². The second-order valence-electron chi connectivity index (χ2n) is 6.06. The lowest BCUT2D eigenvalue weighted by Gasteiger charge is -2.41. The molecule has 0 heterocycles. The van der Waals surface area contributed by atoms with E-state index in [1.54, 1.807) is 0 Å². The van der Waals surface area contributed by atoms with Gasteiger partial charge in [0.05, 0.1) is 11.7 Å². The minimum Gasteiger partial charge on any atom is -0.371 e. The third-order valence-corrected chi connectivity index (χ3v) is 3.92. The van der Waals surface area contributed by atoms with Crippen molar-refractivity contribution in [2.24, 2.45) is 5.41 Å². The maximum atomic E-state index is 6.28. The zero-order chi connectivity index (χ0) is 11.8. The normalized spacial score (nSPS) is 33.8. The molecule has 0 spiro atoms. The van der Waals surface area contributed by atoms with Gasteiger partial charge in [-0.1, -0.05) is 25.2 Å². The highest BCUT2D eigenvalue weighted by Crippen LogP contribution is 2.50. The van der Waals surface area contributed by atoms with Gasteiger partial charge in [0, 0.05) is 5.41 Å². The van der Waals surface area contributed by atoms with Crippen LogP contribution in [0.2, 0.25) is 0 Å². The third kappa shape index (κ3) is 1.98. The average molecular weight is 220 g/mol. The van der Waals surface area contributed by atoms with Crippen molar-refractivity contribution in [3.8, 4) is 0 Å². The minimum absolute atomic E-state index is 0.0305. The molecule has 2 atom stereocenters. The van der Waals surface area contributed by atoms with Crippen molar-refractivity contribution in [1.29, 1.82) is 0 Å². The molecule has 0 N–H and O–H groups in total. The van der Waals surface area contributed by atoms with Gasteiger partial charge in [0.25, 0.3) is 0 Å². The summed E-state index contributed by atoms with van der Waals surface area (Å²) in [6.07, 6.45) is 12.1. The van der Waals surface area contributed by atoms with Gasteiger partial charge in [-0.15, -0.1) is 0 Å². The quantitative estimate of drug-likeness (QED) is 0.676. The zero-order valence-corrected chi connectivity index (χ0v) is 11.0. The molecule has 0 unspecified atom stereocenters. The summed E-state index contributed by atoms with van der Waals surface area (Å²) in [5, 5.41) is 0. The van der Waals surface area contributed by atoms with Crippen molar-refractivity contribution in [1.82, 2.24) is 0 Å². The van der Waals surface area contributed by atoms with Crippen LogP contribution in [0.4, 0.5) is 0 Å². The van der Waals surface area contributed by atoms with Crippen LogP contribution in [0.3, 0.4) is 0 Å². The Morgan fingerprint density at radius 3 is 2.81 bits per heavy atom. The maximum Gasteiger partial charge on any atom is 0.0713 e. The lowest BCUT2D eigenvalue weighted by Crippen LogP contribution is -2.40.